The number of para-hydroxylation sites is 1. The highest BCUT2D eigenvalue weighted by atomic mass is 16.2. The molecule has 0 unspecified atom stereocenters. The van der Waals surface area contributed by atoms with Gasteiger partial charge in [-0.1, -0.05) is 51.1 Å². The predicted molar refractivity (Wildman–Crippen MR) is 88.8 cm³/mol. The lowest BCUT2D eigenvalue weighted by Crippen LogP contribution is -2.26. The molecule has 0 saturated heterocycles. The number of nitrogens with zero attached hydrogens (tertiary/aromatic N) is 1. The predicted octanol–water partition coefficient (Wildman–Crippen LogP) is 4.55. The van der Waals surface area contributed by atoms with Gasteiger partial charge in [-0.3, -0.25) is 4.79 Å². The molecule has 1 amide bonds. The lowest BCUT2D eigenvalue weighted by Gasteiger charge is -2.20. The summed E-state index contributed by atoms with van der Waals surface area (Å²) in [4.78, 5) is 14.3. The van der Waals surface area contributed by atoms with Crippen LogP contribution >= 0.6 is 0 Å². The molecule has 2 aromatic carbocycles. The summed E-state index contributed by atoms with van der Waals surface area (Å²) in [5, 5.41) is 0. The van der Waals surface area contributed by atoms with E-state index in [9.17, 15) is 4.79 Å². The van der Waals surface area contributed by atoms with Crippen LogP contribution in [0.2, 0.25) is 0 Å². The van der Waals surface area contributed by atoms with Gasteiger partial charge < -0.3 is 4.90 Å². The van der Waals surface area contributed by atoms with Gasteiger partial charge in [-0.25, -0.2) is 0 Å². The van der Waals surface area contributed by atoms with Crippen LogP contribution in [0.25, 0.3) is 0 Å². The molecule has 0 heterocycles. The van der Waals surface area contributed by atoms with Crippen molar-refractivity contribution in [2.75, 3.05) is 11.9 Å². The van der Waals surface area contributed by atoms with E-state index >= 15 is 0 Å². The monoisotopic (exact) mass is 281 g/mol. The zero-order chi connectivity index (χ0) is 15.5. The molecule has 0 aliphatic rings. The van der Waals surface area contributed by atoms with Gasteiger partial charge >= 0.3 is 0 Å². The van der Waals surface area contributed by atoms with Crippen molar-refractivity contribution in [3.63, 3.8) is 0 Å². The summed E-state index contributed by atoms with van der Waals surface area (Å²) in [6.45, 7) is 6.62. The maximum Gasteiger partial charge on any atom is 0.258 e. The summed E-state index contributed by atoms with van der Waals surface area (Å²) >= 11 is 0. The molecule has 0 aliphatic carbocycles. The van der Waals surface area contributed by atoms with Crippen molar-refractivity contribution in [2.45, 2.75) is 27.2 Å². The minimum Gasteiger partial charge on any atom is -0.311 e. The topological polar surface area (TPSA) is 20.3 Å². The Morgan fingerprint density at radius 3 is 2.29 bits per heavy atom. The second kappa shape index (κ2) is 6.13. The Morgan fingerprint density at radius 2 is 1.67 bits per heavy atom. The van der Waals surface area contributed by atoms with Crippen LogP contribution in [0.1, 0.15) is 36.7 Å². The zero-order valence-corrected chi connectivity index (χ0v) is 13.3. The van der Waals surface area contributed by atoms with E-state index in [2.05, 4.69) is 26.8 Å². The summed E-state index contributed by atoms with van der Waals surface area (Å²) in [7, 11) is 1.81. The molecular formula is C19H23NO. The molecule has 21 heavy (non-hydrogen) atoms. The number of hydrogen-bond donors (Lipinski definition) is 0. The first kappa shape index (κ1) is 15.3. The van der Waals surface area contributed by atoms with Crippen LogP contribution in [-0.4, -0.2) is 13.0 Å². The smallest absolute Gasteiger partial charge is 0.258 e. The molecule has 0 saturated carbocycles. The SMILES string of the molecule is CN(C(=O)c1cccc(CC(C)(C)C)c1)c1ccccc1. The summed E-state index contributed by atoms with van der Waals surface area (Å²) < 4.78 is 0. The third-order valence-corrected chi connectivity index (χ3v) is 3.36. The van der Waals surface area contributed by atoms with Crippen molar-refractivity contribution < 1.29 is 4.79 Å². The van der Waals surface area contributed by atoms with Gasteiger partial charge in [0.2, 0.25) is 0 Å². The number of carbonyl (C=O) groups is 1. The highest BCUT2D eigenvalue weighted by molar-refractivity contribution is 6.05. The zero-order valence-electron chi connectivity index (χ0n) is 13.3. The lowest BCUT2D eigenvalue weighted by molar-refractivity contribution is 0.0993. The van der Waals surface area contributed by atoms with E-state index in [1.165, 1.54) is 5.56 Å². The van der Waals surface area contributed by atoms with Gasteiger partial charge in [-0.15, -0.1) is 0 Å². The third-order valence-electron chi connectivity index (χ3n) is 3.36. The van der Waals surface area contributed by atoms with Crippen molar-refractivity contribution in [1.29, 1.82) is 0 Å². The van der Waals surface area contributed by atoms with E-state index in [0.29, 0.717) is 0 Å². The number of rotatable bonds is 3. The summed E-state index contributed by atoms with van der Waals surface area (Å²) in [5.41, 5.74) is 3.06. The van der Waals surface area contributed by atoms with Gasteiger partial charge in [-0.05, 0) is 41.7 Å². The molecular weight excluding hydrogens is 258 g/mol. The summed E-state index contributed by atoms with van der Waals surface area (Å²) in [6.07, 6.45) is 0.961. The molecule has 0 fully saturated rings. The van der Waals surface area contributed by atoms with Gasteiger partial charge in [0.05, 0.1) is 0 Å². The van der Waals surface area contributed by atoms with Gasteiger partial charge in [0, 0.05) is 18.3 Å². The fraction of sp³-hybridized carbons (Fsp3) is 0.316. The quantitative estimate of drug-likeness (QED) is 0.808. The van der Waals surface area contributed by atoms with Crippen LogP contribution in [0.15, 0.2) is 54.6 Å². The van der Waals surface area contributed by atoms with Crippen LogP contribution < -0.4 is 4.90 Å². The van der Waals surface area contributed by atoms with Crippen LogP contribution in [0.3, 0.4) is 0 Å². The maximum atomic E-state index is 12.6. The van der Waals surface area contributed by atoms with Crippen molar-refractivity contribution in [2.24, 2.45) is 5.41 Å². The molecule has 0 aliphatic heterocycles. The van der Waals surface area contributed by atoms with Crippen molar-refractivity contribution >= 4 is 11.6 Å². The van der Waals surface area contributed by atoms with Gasteiger partial charge in [-0.2, -0.15) is 0 Å². The number of benzene rings is 2. The van der Waals surface area contributed by atoms with Crippen LogP contribution in [0.4, 0.5) is 5.69 Å². The first-order valence-electron chi connectivity index (χ1n) is 7.29. The highest BCUT2D eigenvalue weighted by Crippen LogP contribution is 2.22. The molecule has 2 nitrogen and oxygen atoms in total. The van der Waals surface area contributed by atoms with Crippen molar-refractivity contribution in [3.05, 3.63) is 65.7 Å². The number of hydrogen-bond acceptors (Lipinski definition) is 1. The van der Waals surface area contributed by atoms with Crippen LogP contribution in [0, 0.1) is 5.41 Å². The first-order chi connectivity index (χ1) is 9.87. The molecule has 0 atom stereocenters. The van der Waals surface area contributed by atoms with E-state index in [4.69, 9.17) is 0 Å². The molecule has 2 rings (SSSR count). The van der Waals surface area contributed by atoms with E-state index in [-0.39, 0.29) is 11.3 Å². The minimum atomic E-state index is 0.0250. The second-order valence-electron chi connectivity index (χ2n) is 6.64. The fourth-order valence-electron chi connectivity index (χ4n) is 2.39. The second-order valence-corrected chi connectivity index (χ2v) is 6.64. The third kappa shape index (κ3) is 4.19. The number of amides is 1. The van der Waals surface area contributed by atoms with E-state index < -0.39 is 0 Å². The summed E-state index contributed by atoms with van der Waals surface area (Å²) in [6, 6.07) is 17.7. The fourth-order valence-corrected chi connectivity index (χ4v) is 2.39. The van der Waals surface area contributed by atoms with Gasteiger partial charge in [0.25, 0.3) is 5.91 Å². The largest absolute Gasteiger partial charge is 0.311 e. The van der Waals surface area contributed by atoms with Gasteiger partial charge in [0.15, 0.2) is 0 Å². The normalized spacial score (nSPS) is 11.2. The molecule has 110 valence electrons. The standard InChI is InChI=1S/C19H23NO/c1-19(2,3)14-15-9-8-10-16(13-15)18(21)20(4)17-11-6-5-7-12-17/h5-13H,14H2,1-4H3. The van der Waals surface area contributed by atoms with Crippen molar-refractivity contribution in [1.82, 2.24) is 0 Å². The Hall–Kier alpha value is -2.09. The van der Waals surface area contributed by atoms with Crippen molar-refractivity contribution in [3.8, 4) is 0 Å². The van der Waals surface area contributed by atoms with Crippen LogP contribution in [0.5, 0.6) is 0 Å². The van der Waals surface area contributed by atoms with Crippen LogP contribution in [-0.2, 0) is 6.42 Å². The molecule has 0 N–H and O–H groups in total. The Kier molecular flexibility index (Phi) is 4.46. The lowest BCUT2D eigenvalue weighted by atomic mass is 9.87. The minimum absolute atomic E-state index is 0.0250. The molecule has 0 radical (unpaired) electrons. The average molecular weight is 281 g/mol. The number of anilines is 1. The van der Waals surface area contributed by atoms with E-state index in [1.807, 2.05) is 55.6 Å². The maximum absolute atomic E-state index is 12.6. The summed E-state index contributed by atoms with van der Waals surface area (Å²) in [5.74, 6) is 0.0250. The van der Waals surface area contributed by atoms with Gasteiger partial charge in [0.1, 0.15) is 0 Å². The first-order valence-corrected chi connectivity index (χ1v) is 7.29. The molecule has 0 aromatic heterocycles. The Morgan fingerprint density at radius 1 is 1.00 bits per heavy atom. The van der Waals surface area contributed by atoms with E-state index in [0.717, 1.165) is 17.7 Å². The molecule has 0 bridgehead atoms. The Labute approximate surface area is 127 Å². The molecule has 2 heteroatoms. The highest BCUT2D eigenvalue weighted by Gasteiger charge is 2.16. The Bertz CT molecular complexity index is 611. The average Bonchev–Trinajstić information content (AvgIpc) is 2.45. The molecule has 0 spiro atoms. The number of carbonyl (C=O) groups excluding carboxylic acids is 1. The van der Waals surface area contributed by atoms with E-state index in [1.54, 1.807) is 4.90 Å². The Balaban J connectivity index is 2.22. The molecule has 2 aromatic rings.